The summed E-state index contributed by atoms with van der Waals surface area (Å²) in [5.41, 5.74) is 5.01. The first-order valence-corrected chi connectivity index (χ1v) is 5.54. The lowest BCUT2D eigenvalue weighted by Crippen LogP contribution is -2.20. The molecule has 0 aromatic heterocycles. The highest BCUT2D eigenvalue weighted by atomic mass is 35.5. The summed E-state index contributed by atoms with van der Waals surface area (Å²) < 4.78 is 0. The molecule has 6 heteroatoms. The molecule has 94 valence electrons. The van der Waals surface area contributed by atoms with Crippen LogP contribution in [0, 0.1) is 0 Å². The predicted octanol–water partition coefficient (Wildman–Crippen LogP) is 2.42. The van der Waals surface area contributed by atoms with Crippen LogP contribution in [0.15, 0.2) is 42.0 Å². The summed E-state index contributed by atoms with van der Waals surface area (Å²) in [5.74, 6) is -2.43. The number of amides is 1. The first kappa shape index (κ1) is 14.3. The van der Waals surface area contributed by atoms with Gasteiger partial charge in [0.05, 0.1) is 0 Å². The number of halogens is 2. The van der Waals surface area contributed by atoms with Crippen molar-refractivity contribution in [1.82, 2.24) is 0 Å². The van der Waals surface area contributed by atoms with Gasteiger partial charge in [-0.15, -0.1) is 0 Å². The first-order valence-electron chi connectivity index (χ1n) is 4.78. The fraction of sp³-hybridized carbons (Fsp3) is 0. The minimum Gasteiger partial charge on any atom is -0.477 e. The average Bonchev–Trinajstić information content (AvgIpc) is 2.28. The fourth-order valence-corrected chi connectivity index (χ4v) is 1.44. The Bertz CT molecular complexity index is 517. The van der Waals surface area contributed by atoms with Gasteiger partial charge in [0.25, 0.3) is 5.91 Å². The summed E-state index contributed by atoms with van der Waals surface area (Å²) in [7, 11) is 0. The van der Waals surface area contributed by atoms with Crippen LogP contribution in [-0.2, 0) is 9.59 Å². The van der Waals surface area contributed by atoms with Gasteiger partial charge in [0.2, 0.25) is 0 Å². The third-order valence-corrected chi connectivity index (χ3v) is 2.61. The molecule has 0 aliphatic heterocycles. The van der Waals surface area contributed by atoms with E-state index in [4.69, 9.17) is 34.0 Å². The number of carboxylic acids is 1. The Kier molecular flexibility index (Phi) is 4.95. The number of allylic oxidation sites excluding steroid dienone is 2. The lowest BCUT2D eigenvalue weighted by atomic mass is 10.2. The topological polar surface area (TPSA) is 80.4 Å². The summed E-state index contributed by atoms with van der Waals surface area (Å²) in [6.07, 6.45) is 2.35. The maximum Gasteiger partial charge on any atom is 0.341 e. The van der Waals surface area contributed by atoms with Crippen LogP contribution in [0.4, 0.5) is 0 Å². The molecule has 1 rings (SSSR count). The quantitative estimate of drug-likeness (QED) is 0.386. The summed E-state index contributed by atoms with van der Waals surface area (Å²) in [5, 5.41) is 9.53. The van der Waals surface area contributed by atoms with Gasteiger partial charge in [-0.3, -0.25) is 4.79 Å². The number of carboxylic acid groups (broad SMARTS) is 1. The molecule has 0 aliphatic rings. The zero-order valence-corrected chi connectivity index (χ0v) is 10.6. The molecule has 0 saturated heterocycles. The van der Waals surface area contributed by atoms with Crippen LogP contribution in [0.3, 0.4) is 0 Å². The van der Waals surface area contributed by atoms with Gasteiger partial charge in [-0.05, 0) is 29.8 Å². The van der Waals surface area contributed by atoms with E-state index in [-0.39, 0.29) is 5.03 Å². The molecule has 4 nitrogen and oxygen atoms in total. The zero-order valence-electron chi connectivity index (χ0n) is 9.06. The number of rotatable bonds is 4. The van der Waals surface area contributed by atoms with E-state index in [0.29, 0.717) is 10.6 Å². The molecule has 18 heavy (non-hydrogen) atoms. The maximum atomic E-state index is 10.8. The average molecular weight is 286 g/mol. The molecule has 0 aliphatic carbocycles. The lowest BCUT2D eigenvalue weighted by molar-refractivity contribution is -0.134. The maximum absolute atomic E-state index is 10.8. The van der Waals surface area contributed by atoms with Crippen LogP contribution in [0.1, 0.15) is 5.56 Å². The largest absolute Gasteiger partial charge is 0.477 e. The number of benzene rings is 1. The molecule has 0 spiro atoms. The Hall–Kier alpha value is -1.78. The van der Waals surface area contributed by atoms with E-state index in [9.17, 15) is 9.59 Å². The monoisotopic (exact) mass is 285 g/mol. The molecule has 1 aromatic carbocycles. The number of hydrogen-bond acceptors (Lipinski definition) is 2. The van der Waals surface area contributed by atoms with Crippen LogP contribution in [0.25, 0.3) is 5.03 Å². The van der Waals surface area contributed by atoms with E-state index in [0.717, 1.165) is 6.08 Å². The van der Waals surface area contributed by atoms with Crippen molar-refractivity contribution in [3.63, 3.8) is 0 Å². The van der Waals surface area contributed by atoms with Gasteiger partial charge >= 0.3 is 5.97 Å². The minimum absolute atomic E-state index is 0.270. The van der Waals surface area contributed by atoms with Gasteiger partial charge < -0.3 is 10.8 Å². The van der Waals surface area contributed by atoms with Crippen molar-refractivity contribution in [2.24, 2.45) is 5.73 Å². The van der Waals surface area contributed by atoms with Gasteiger partial charge in [-0.2, -0.15) is 0 Å². The van der Waals surface area contributed by atoms with Crippen molar-refractivity contribution in [3.05, 3.63) is 52.6 Å². The normalized spacial score (nSPS) is 12.3. The summed E-state index contributed by atoms with van der Waals surface area (Å²) in [6.45, 7) is 0. The molecule has 0 bridgehead atoms. The molecule has 0 saturated carbocycles. The second-order valence-corrected chi connectivity index (χ2v) is 4.11. The van der Waals surface area contributed by atoms with Gasteiger partial charge in [0.15, 0.2) is 0 Å². The van der Waals surface area contributed by atoms with Crippen molar-refractivity contribution < 1.29 is 14.7 Å². The highest BCUT2D eigenvalue weighted by Crippen LogP contribution is 2.21. The van der Waals surface area contributed by atoms with Crippen molar-refractivity contribution in [2.45, 2.75) is 0 Å². The molecular formula is C12H9Cl2NO3. The molecule has 0 radical (unpaired) electrons. The predicted molar refractivity (Wildman–Crippen MR) is 70.2 cm³/mol. The Morgan fingerprint density at radius 2 is 1.72 bits per heavy atom. The zero-order chi connectivity index (χ0) is 13.7. The fourth-order valence-electron chi connectivity index (χ4n) is 1.12. The molecular weight excluding hydrogens is 277 g/mol. The molecule has 0 unspecified atom stereocenters. The third-order valence-electron chi connectivity index (χ3n) is 2.01. The highest BCUT2D eigenvalue weighted by Gasteiger charge is 2.12. The second kappa shape index (κ2) is 6.23. The first-order chi connectivity index (χ1) is 8.41. The van der Waals surface area contributed by atoms with Crippen LogP contribution in [0.2, 0.25) is 5.02 Å². The Labute approximate surface area is 113 Å². The number of carbonyl (C=O) groups excluding carboxylic acids is 1. The molecule has 1 aromatic rings. The second-order valence-electron chi connectivity index (χ2n) is 3.27. The van der Waals surface area contributed by atoms with Gasteiger partial charge in [-0.25, -0.2) is 4.79 Å². The van der Waals surface area contributed by atoms with E-state index < -0.39 is 17.4 Å². The third kappa shape index (κ3) is 3.91. The van der Waals surface area contributed by atoms with E-state index in [1.54, 1.807) is 24.3 Å². The molecule has 0 heterocycles. The molecule has 0 fully saturated rings. The Morgan fingerprint density at radius 1 is 1.17 bits per heavy atom. The van der Waals surface area contributed by atoms with E-state index in [2.05, 4.69) is 0 Å². The van der Waals surface area contributed by atoms with Crippen molar-refractivity contribution in [1.29, 1.82) is 0 Å². The minimum atomic E-state index is -1.40. The lowest BCUT2D eigenvalue weighted by Gasteiger charge is -1.99. The van der Waals surface area contributed by atoms with Crippen molar-refractivity contribution in [2.75, 3.05) is 0 Å². The van der Waals surface area contributed by atoms with Gasteiger partial charge in [0.1, 0.15) is 5.57 Å². The number of nitrogens with two attached hydrogens (primary N) is 1. The number of hydrogen-bond donors (Lipinski definition) is 2. The standard InChI is InChI=1S/C12H9Cl2NO3/c13-8-3-1-7(2-4-8)10(14)6-5-9(11(15)16)12(17)18/h1-6H,(H2,15,16)(H,17,18)/b9-5-,10-6-. The van der Waals surface area contributed by atoms with Crippen LogP contribution >= 0.6 is 23.2 Å². The van der Waals surface area contributed by atoms with E-state index in [1.165, 1.54) is 6.08 Å². The summed E-state index contributed by atoms with van der Waals surface area (Å²) in [6, 6.07) is 6.62. The Morgan fingerprint density at radius 3 is 2.17 bits per heavy atom. The van der Waals surface area contributed by atoms with Crippen LogP contribution in [-0.4, -0.2) is 17.0 Å². The van der Waals surface area contributed by atoms with Crippen LogP contribution < -0.4 is 5.73 Å². The van der Waals surface area contributed by atoms with Gasteiger partial charge in [-0.1, -0.05) is 35.3 Å². The molecule has 3 N–H and O–H groups in total. The van der Waals surface area contributed by atoms with Crippen LogP contribution in [0.5, 0.6) is 0 Å². The van der Waals surface area contributed by atoms with Crippen molar-refractivity contribution >= 4 is 40.1 Å². The number of carbonyl (C=O) groups is 2. The number of aliphatic carboxylic acids is 1. The SMILES string of the molecule is NC(=O)/C(=C/C=C(\Cl)c1ccc(Cl)cc1)C(=O)O. The number of primary amides is 1. The molecule has 0 atom stereocenters. The highest BCUT2D eigenvalue weighted by molar-refractivity contribution is 6.49. The summed E-state index contributed by atoms with van der Waals surface area (Å²) in [4.78, 5) is 21.5. The van der Waals surface area contributed by atoms with Gasteiger partial charge in [0, 0.05) is 10.1 Å². The summed E-state index contributed by atoms with van der Waals surface area (Å²) >= 11 is 11.7. The van der Waals surface area contributed by atoms with E-state index >= 15 is 0 Å². The van der Waals surface area contributed by atoms with Crippen molar-refractivity contribution in [3.8, 4) is 0 Å². The molecule has 1 amide bonds. The van der Waals surface area contributed by atoms with E-state index in [1.807, 2.05) is 0 Å². The Balaban J connectivity index is 3.02. The smallest absolute Gasteiger partial charge is 0.341 e.